The second-order valence-electron chi connectivity index (χ2n) is 0.643. The van der Waals surface area contributed by atoms with Gasteiger partial charge in [0.1, 0.15) is 0 Å². The van der Waals surface area contributed by atoms with Crippen LogP contribution in [0.1, 0.15) is 0 Å². The summed E-state index contributed by atoms with van der Waals surface area (Å²) >= 11 is 0. The summed E-state index contributed by atoms with van der Waals surface area (Å²) in [4.78, 5) is 0. The predicted octanol–water partition coefficient (Wildman–Crippen LogP) is 0.508. The van der Waals surface area contributed by atoms with Gasteiger partial charge in [0.25, 0.3) is 0 Å². The van der Waals surface area contributed by atoms with Crippen LogP contribution in [0.25, 0.3) is 0 Å². The normalized spacial score (nSPS) is 10.8. The average molecular weight is 95.1 g/mol. The van der Waals surface area contributed by atoms with Gasteiger partial charge >= 0.3 is 0 Å². The molecule has 0 heterocycles. The minimum Gasteiger partial charge on any atom is -0.312 e. The van der Waals surface area contributed by atoms with Crippen molar-refractivity contribution in [2.75, 3.05) is 12.8 Å². The third kappa shape index (κ3) is 4.32. The fourth-order valence-corrected chi connectivity index (χ4v) is 0.164. The van der Waals surface area contributed by atoms with Crippen LogP contribution in [0, 0.1) is 0 Å². The molecule has 0 aromatic heterocycles. The minimum absolute atomic E-state index is 0.269. The van der Waals surface area contributed by atoms with Crippen LogP contribution in [-0.2, 0) is 0 Å². The molecule has 0 saturated carbocycles. The van der Waals surface area contributed by atoms with Gasteiger partial charge < -0.3 is 5.50 Å². The van der Waals surface area contributed by atoms with Crippen LogP contribution in [0.2, 0.25) is 0 Å². The van der Waals surface area contributed by atoms with Crippen molar-refractivity contribution in [2.24, 2.45) is 5.50 Å². The summed E-state index contributed by atoms with van der Waals surface area (Å²) < 4.78 is 10.9. The van der Waals surface area contributed by atoms with Gasteiger partial charge in [0, 0.05) is 6.16 Å². The van der Waals surface area contributed by atoms with Crippen LogP contribution in [0.4, 0.5) is 4.39 Å². The highest BCUT2D eigenvalue weighted by Gasteiger charge is 1.71. The highest BCUT2D eigenvalue weighted by molar-refractivity contribution is 7.35. The zero-order valence-corrected chi connectivity index (χ0v) is 3.87. The van der Waals surface area contributed by atoms with Gasteiger partial charge in [-0.3, -0.25) is 4.39 Å². The lowest BCUT2D eigenvalue weighted by molar-refractivity contribution is 0.532. The summed E-state index contributed by atoms with van der Waals surface area (Å²) in [5, 5.41) is 0. The van der Waals surface area contributed by atoms with Crippen molar-refractivity contribution in [2.45, 2.75) is 0 Å². The van der Waals surface area contributed by atoms with Crippen molar-refractivity contribution in [1.29, 1.82) is 0 Å². The molecule has 0 aliphatic rings. The van der Waals surface area contributed by atoms with Gasteiger partial charge in [-0.05, 0) is 0 Å². The fourth-order valence-electron chi connectivity index (χ4n) is 0.0546. The van der Waals surface area contributed by atoms with Crippen molar-refractivity contribution < 1.29 is 4.39 Å². The Morgan fingerprint density at radius 2 is 2.40 bits per heavy atom. The standard InChI is InChI=1S/C2H7FNP/c3-1-2-5-4/h5H,1-2,4H2. The third-order valence-electron chi connectivity index (χ3n) is 0.239. The summed E-state index contributed by atoms with van der Waals surface area (Å²) in [5.74, 6) is 0. The molecular weight excluding hydrogens is 88.0 g/mol. The average Bonchev–Trinajstić information content (AvgIpc) is 1.41. The van der Waals surface area contributed by atoms with Gasteiger partial charge in [-0.25, -0.2) is 0 Å². The quantitative estimate of drug-likeness (QED) is 0.497. The minimum atomic E-state index is -0.269. The molecule has 3 heteroatoms. The van der Waals surface area contributed by atoms with Crippen molar-refractivity contribution >= 4 is 8.73 Å². The van der Waals surface area contributed by atoms with E-state index in [0.717, 1.165) is 0 Å². The smallest absolute Gasteiger partial charge is 0.0942 e. The van der Waals surface area contributed by atoms with E-state index in [9.17, 15) is 4.39 Å². The monoisotopic (exact) mass is 95.0 g/mol. The van der Waals surface area contributed by atoms with Crippen molar-refractivity contribution in [3.63, 3.8) is 0 Å². The first-order valence-electron chi connectivity index (χ1n) is 1.41. The molecule has 1 nitrogen and oxygen atoms in total. The molecule has 0 bridgehead atoms. The van der Waals surface area contributed by atoms with Gasteiger partial charge in [-0.15, -0.1) is 0 Å². The highest BCUT2D eigenvalue weighted by atomic mass is 31.1. The van der Waals surface area contributed by atoms with Gasteiger partial charge in [-0.2, -0.15) is 0 Å². The van der Waals surface area contributed by atoms with E-state index in [0.29, 0.717) is 6.16 Å². The van der Waals surface area contributed by atoms with E-state index in [2.05, 4.69) is 0 Å². The molecule has 1 atom stereocenters. The molecule has 0 saturated heterocycles. The zero-order chi connectivity index (χ0) is 4.12. The van der Waals surface area contributed by atoms with E-state index in [4.69, 9.17) is 5.50 Å². The Morgan fingerprint density at radius 1 is 1.80 bits per heavy atom. The largest absolute Gasteiger partial charge is 0.312 e. The van der Waals surface area contributed by atoms with Crippen LogP contribution in [0.15, 0.2) is 0 Å². The molecule has 0 aromatic carbocycles. The lowest BCUT2D eigenvalue weighted by Crippen LogP contribution is -1.80. The predicted molar refractivity (Wildman–Crippen MR) is 23.3 cm³/mol. The fraction of sp³-hybridized carbons (Fsp3) is 1.00. The lowest BCUT2D eigenvalue weighted by Gasteiger charge is -1.78. The number of hydrogen-bond donors (Lipinski definition) is 1. The second-order valence-corrected chi connectivity index (χ2v) is 1.55. The molecular formula is C2H7FNP. The summed E-state index contributed by atoms with van der Waals surface area (Å²) in [6.07, 6.45) is 0.528. The van der Waals surface area contributed by atoms with Crippen LogP contribution < -0.4 is 5.50 Å². The van der Waals surface area contributed by atoms with E-state index in [1.165, 1.54) is 0 Å². The molecule has 1 unspecified atom stereocenters. The summed E-state index contributed by atoms with van der Waals surface area (Å²) in [5.41, 5.74) is 4.93. The summed E-state index contributed by atoms with van der Waals surface area (Å²) in [7, 11) is 0.283. The second kappa shape index (κ2) is 4.32. The number of nitrogens with two attached hydrogens (primary N) is 1. The zero-order valence-electron chi connectivity index (χ0n) is 2.87. The van der Waals surface area contributed by atoms with Crippen LogP contribution in [-0.4, -0.2) is 12.8 Å². The van der Waals surface area contributed by atoms with Crippen LogP contribution in [0.3, 0.4) is 0 Å². The Kier molecular flexibility index (Phi) is 4.60. The molecule has 2 N–H and O–H groups in total. The van der Waals surface area contributed by atoms with Crippen LogP contribution in [0.5, 0.6) is 0 Å². The van der Waals surface area contributed by atoms with Crippen molar-refractivity contribution in [3.8, 4) is 0 Å². The summed E-state index contributed by atoms with van der Waals surface area (Å²) in [6, 6.07) is 0. The van der Waals surface area contributed by atoms with Crippen molar-refractivity contribution in [1.82, 2.24) is 0 Å². The SMILES string of the molecule is NPCCF. The Hall–Kier alpha value is 0.320. The Balaban J connectivity index is 2.19. The van der Waals surface area contributed by atoms with E-state index in [-0.39, 0.29) is 15.4 Å². The van der Waals surface area contributed by atoms with Gasteiger partial charge in [0.2, 0.25) is 0 Å². The van der Waals surface area contributed by atoms with Gasteiger partial charge in [0.05, 0.1) is 6.67 Å². The molecule has 0 aliphatic heterocycles. The van der Waals surface area contributed by atoms with Gasteiger partial charge in [-0.1, -0.05) is 8.73 Å². The van der Waals surface area contributed by atoms with Gasteiger partial charge in [0.15, 0.2) is 0 Å². The topological polar surface area (TPSA) is 26.0 Å². The maximum absolute atomic E-state index is 10.9. The maximum Gasteiger partial charge on any atom is 0.0942 e. The van der Waals surface area contributed by atoms with E-state index in [1.54, 1.807) is 0 Å². The van der Waals surface area contributed by atoms with E-state index >= 15 is 0 Å². The molecule has 0 spiro atoms. The first-order chi connectivity index (χ1) is 2.41. The molecule has 0 radical (unpaired) electrons. The number of halogens is 1. The van der Waals surface area contributed by atoms with Crippen molar-refractivity contribution in [3.05, 3.63) is 0 Å². The van der Waals surface area contributed by atoms with E-state index < -0.39 is 0 Å². The molecule has 0 amide bonds. The molecule has 0 aromatic rings. The highest BCUT2D eigenvalue weighted by Crippen LogP contribution is 1.91. The Bertz CT molecular complexity index is 17.1. The van der Waals surface area contributed by atoms with E-state index in [1.807, 2.05) is 0 Å². The number of rotatable bonds is 2. The first kappa shape index (κ1) is 5.32. The number of hydrogen-bond acceptors (Lipinski definition) is 1. The molecule has 0 aliphatic carbocycles. The molecule has 32 valence electrons. The maximum atomic E-state index is 10.9. The summed E-state index contributed by atoms with van der Waals surface area (Å²) in [6.45, 7) is -0.269. The molecule has 5 heavy (non-hydrogen) atoms. The molecule has 0 rings (SSSR count). The Morgan fingerprint density at radius 3 is 2.40 bits per heavy atom. The third-order valence-corrected chi connectivity index (χ3v) is 0.716. The lowest BCUT2D eigenvalue weighted by atomic mass is 10.9. The number of alkyl halides is 1. The van der Waals surface area contributed by atoms with Crippen LogP contribution >= 0.6 is 8.73 Å². The molecule has 0 fully saturated rings. The Labute approximate surface area is 32.6 Å². The first-order valence-corrected chi connectivity index (χ1v) is 2.69.